The maximum Gasteiger partial charge on any atom is 0.260 e. The Bertz CT molecular complexity index is 930. The molecule has 1 fully saturated rings. The molecule has 2 aromatic carbocycles. The summed E-state index contributed by atoms with van der Waals surface area (Å²) < 4.78 is 32.1. The van der Waals surface area contributed by atoms with Crippen LogP contribution < -0.4 is 4.74 Å². The Morgan fingerprint density at radius 3 is 2.32 bits per heavy atom. The Hall–Kier alpha value is -1.80. The number of amides is 1. The smallest absolute Gasteiger partial charge is 0.260 e. The van der Waals surface area contributed by atoms with Crippen LogP contribution in [0.1, 0.15) is 5.56 Å². The largest absolute Gasteiger partial charge is 0.482 e. The van der Waals surface area contributed by atoms with Crippen LogP contribution in [0.25, 0.3) is 0 Å². The third kappa shape index (κ3) is 5.38. The molecule has 1 amide bonds. The molecular weight excluding hydrogens is 423 g/mol. The van der Waals surface area contributed by atoms with E-state index in [1.165, 1.54) is 4.31 Å². The van der Waals surface area contributed by atoms with Crippen LogP contribution in [0.15, 0.2) is 48.5 Å². The van der Waals surface area contributed by atoms with Crippen molar-refractivity contribution in [3.8, 4) is 5.75 Å². The number of ether oxygens (including phenoxy) is 1. The van der Waals surface area contributed by atoms with Crippen molar-refractivity contribution in [2.75, 3.05) is 32.8 Å². The summed E-state index contributed by atoms with van der Waals surface area (Å²) in [6.07, 6.45) is 0. The zero-order valence-electron chi connectivity index (χ0n) is 15.1. The second-order valence-corrected chi connectivity index (χ2v) is 9.20. The lowest BCUT2D eigenvalue weighted by Crippen LogP contribution is -2.51. The highest BCUT2D eigenvalue weighted by Crippen LogP contribution is 2.27. The number of sulfonamides is 1. The molecule has 0 aliphatic carbocycles. The Morgan fingerprint density at radius 2 is 1.68 bits per heavy atom. The van der Waals surface area contributed by atoms with E-state index in [4.69, 9.17) is 27.9 Å². The number of halogens is 2. The van der Waals surface area contributed by atoms with Gasteiger partial charge in [0.25, 0.3) is 5.91 Å². The van der Waals surface area contributed by atoms with Gasteiger partial charge in [-0.15, -0.1) is 0 Å². The van der Waals surface area contributed by atoms with Crippen molar-refractivity contribution in [2.24, 2.45) is 0 Å². The Balaban J connectivity index is 1.51. The van der Waals surface area contributed by atoms with E-state index in [9.17, 15) is 13.2 Å². The van der Waals surface area contributed by atoms with Crippen molar-refractivity contribution in [1.29, 1.82) is 0 Å². The van der Waals surface area contributed by atoms with E-state index in [1.54, 1.807) is 35.2 Å². The molecule has 1 heterocycles. The van der Waals surface area contributed by atoms with E-state index in [2.05, 4.69) is 0 Å². The first kappa shape index (κ1) is 20.9. The number of rotatable bonds is 6. The normalized spacial score (nSPS) is 15.4. The molecule has 0 unspecified atom stereocenters. The van der Waals surface area contributed by atoms with Gasteiger partial charge in [0.1, 0.15) is 5.75 Å². The highest BCUT2D eigenvalue weighted by molar-refractivity contribution is 7.88. The lowest BCUT2D eigenvalue weighted by molar-refractivity contribution is -0.134. The zero-order valence-corrected chi connectivity index (χ0v) is 17.4. The minimum atomic E-state index is -3.42. The minimum Gasteiger partial charge on any atom is -0.482 e. The molecule has 1 saturated heterocycles. The van der Waals surface area contributed by atoms with E-state index >= 15 is 0 Å². The van der Waals surface area contributed by atoms with Crippen molar-refractivity contribution < 1.29 is 17.9 Å². The molecule has 0 bridgehead atoms. The van der Waals surface area contributed by atoms with E-state index in [0.29, 0.717) is 28.9 Å². The zero-order chi connectivity index (χ0) is 20.1. The quantitative estimate of drug-likeness (QED) is 0.689. The van der Waals surface area contributed by atoms with Gasteiger partial charge in [-0.3, -0.25) is 4.79 Å². The number of hydrogen-bond acceptors (Lipinski definition) is 4. The van der Waals surface area contributed by atoms with Gasteiger partial charge in [-0.2, -0.15) is 4.31 Å². The fourth-order valence-electron chi connectivity index (χ4n) is 2.91. The molecule has 150 valence electrons. The molecule has 0 aromatic heterocycles. The topological polar surface area (TPSA) is 66.9 Å². The monoisotopic (exact) mass is 442 g/mol. The van der Waals surface area contributed by atoms with Gasteiger partial charge in [-0.05, 0) is 23.8 Å². The fraction of sp³-hybridized carbons (Fsp3) is 0.316. The summed E-state index contributed by atoms with van der Waals surface area (Å²) >= 11 is 11.9. The molecule has 28 heavy (non-hydrogen) atoms. The minimum absolute atomic E-state index is 0.0417. The van der Waals surface area contributed by atoms with Crippen LogP contribution in [-0.2, 0) is 20.6 Å². The number of piperazine rings is 1. The first-order valence-corrected chi connectivity index (χ1v) is 11.1. The predicted octanol–water partition coefficient (Wildman–Crippen LogP) is 3.05. The summed E-state index contributed by atoms with van der Waals surface area (Å²) in [4.78, 5) is 14.0. The average Bonchev–Trinajstić information content (AvgIpc) is 2.67. The molecule has 0 atom stereocenters. The van der Waals surface area contributed by atoms with Crippen molar-refractivity contribution in [1.82, 2.24) is 9.21 Å². The van der Waals surface area contributed by atoms with Gasteiger partial charge in [-0.1, -0.05) is 53.5 Å². The lowest BCUT2D eigenvalue weighted by Gasteiger charge is -2.34. The number of carbonyl (C=O) groups is 1. The molecule has 6 nitrogen and oxygen atoms in total. The van der Waals surface area contributed by atoms with E-state index < -0.39 is 10.0 Å². The van der Waals surface area contributed by atoms with Crippen LogP contribution in [0, 0.1) is 0 Å². The SMILES string of the molecule is O=C(COc1ccc(Cl)cc1Cl)N1CCN(S(=O)(=O)Cc2ccccc2)CC1. The summed E-state index contributed by atoms with van der Waals surface area (Å²) in [6, 6.07) is 13.8. The number of hydrogen-bond donors (Lipinski definition) is 0. The summed E-state index contributed by atoms with van der Waals surface area (Å²) in [5.74, 6) is 0.120. The molecule has 0 spiro atoms. The summed E-state index contributed by atoms with van der Waals surface area (Å²) in [7, 11) is -3.42. The molecule has 2 aromatic rings. The van der Waals surface area contributed by atoms with Crippen LogP contribution >= 0.6 is 23.2 Å². The third-order valence-corrected chi connectivity index (χ3v) is 6.80. The second-order valence-electron chi connectivity index (χ2n) is 6.39. The van der Waals surface area contributed by atoms with Crippen LogP contribution in [0.5, 0.6) is 5.75 Å². The van der Waals surface area contributed by atoms with Crippen LogP contribution in [-0.4, -0.2) is 56.3 Å². The fourth-order valence-corrected chi connectivity index (χ4v) is 4.89. The number of benzene rings is 2. The van der Waals surface area contributed by atoms with Crippen molar-refractivity contribution >= 4 is 39.1 Å². The van der Waals surface area contributed by atoms with Gasteiger partial charge in [0, 0.05) is 31.2 Å². The summed E-state index contributed by atoms with van der Waals surface area (Å²) in [5.41, 5.74) is 0.745. The molecule has 1 aliphatic rings. The van der Waals surface area contributed by atoms with Gasteiger partial charge < -0.3 is 9.64 Å². The Labute approximate surface area is 174 Å². The average molecular weight is 443 g/mol. The molecular formula is C19H20Cl2N2O4S. The maximum absolute atomic E-state index is 12.6. The van der Waals surface area contributed by atoms with E-state index in [0.717, 1.165) is 5.56 Å². The standard InChI is InChI=1S/C19H20Cl2N2O4S/c20-16-6-7-18(17(21)12-16)27-13-19(24)22-8-10-23(11-9-22)28(25,26)14-15-4-2-1-3-5-15/h1-7,12H,8-11,13-14H2. The van der Waals surface area contributed by atoms with Gasteiger partial charge in [0.2, 0.25) is 10.0 Å². The Morgan fingerprint density at radius 1 is 1.00 bits per heavy atom. The highest BCUT2D eigenvalue weighted by atomic mass is 35.5. The van der Waals surface area contributed by atoms with Crippen molar-refractivity contribution in [3.63, 3.8) is 0 Å². The van der Waals surface area contributed by atoms with Gasteiger partial charge in [-0.25, -0.2) is 8.42 Å². The number of carbonyl (C=O) groups excluding carboxylic acids is 1. The van der Waals surface area contributed by atoms with E-state index in [1.807, 2.05) is 18.2 Å². The molecule has 9 heteroatoms. The van der Waals surface area contributed by atoms with Gasteiger partial charge in [0.05, 0.1) is 10.8 Å². The van der Waals surface area contributed by atoms with Crippen LogP contribution in [0.3, 0.4) is 0 Å². The summed E-state index contributed by atoms with van der Waals surface area (Å²) in [5, 5.41) is 0.814. The van der Waals surface area contributed by atoms with Crippen LogP contribution in [0.2, 0.25) is 10.0 Å². The molecule has 0 radical (unpaired) electrons. The first-order valence-electron chi connectivity index (χ1n) is 8.72. The maximum atomic E-state index is 12.6. The molecule has 1 aliphatic heterocycles. The van der Waals surface area contributed by atoms with Gasteiger partial charge >= 0.3 is 0 Å². The predicted molar refractivity (Wildman–Crippen MR) is 109 cm³/mol. The van der Waals surface area contributed by atoms with Crippen LogP contribution in [0.4, 0.5) is 0 Å². The Kier molecular flexibility index (Phi) is 6.82. The molecule has 3 rings (SSSR count). The lowest BCUT2D eigenvalue weighted by atomic mass is 10.2. The molecule has 0 N–H and O–H groups in total. The second kappa shape index (κ2) is 9.13. The van der Waals surface area contributed by atoms with Gasteiger partial charge in [0.15, 0.2) is 6.61 Å². The highest BCUT2D eigenvalue weighted by Gasteiger charge is 2.29. The first-order chi connectivity index (χ1) is 13.3. The van der Waals surface area contributed by atoms with Crippen molar-refractivity contribution in [2.45, 2.75) is 5.75 Å². The third-order valence-electron chi connectivity index (χ3n) is 4.42. The molecule has 0 saturated carbocycles. The van der Waals surface area contributed by atoms with E-state index in [-0.39, 0.29) is 31.4 Å². The number of nitrogens with zero attached hydrogens (tertiary/aromatic N) is 2. The summed E-state index contributed by atoms with van der Waals surface area (Å²) in [6.45, 7) is 1.01. The van der Waals surface area contributed by atoms with Crippen molar-refractivity contribution in [3.05, 3.63) is 64.1 Å².